The predicted molar refractivity (Wildman–Crippen MR) is 76.8 cm³/mol. The average Bonchev–Trinajstić information content (AvgIpc) is 2.60. The maximum atomic E-state index is 6.15. The molecule has 2 aromatic rings. The summed E-state index contributed by atoms with van der Waals surface area (Å²) in [6.45, 7) is 6.25. The minimum absolute atomic E-state index is 0.403. The fourth-order valence-electron chi connectivity index (χ4n) is 2.12. The van der Waals surface area contributed by atoms with E-state index in [1.54, 1.807) is 4.68 Å². The van der Waals surface area contributed by atoms with Gasteiger partial charge in [0.2, 0.25) is 5.88 Å². The van der Waals surface area contributed by atoms with E-state index in [-0.39, 0.29) is 0 Å². The molecule has 4 nitrogen and oxygen atoms in total. The summed E-state index contributed by atoms with van der Waals surface area (Å²) in [5.74, 6) is 1.43. The van der Waals surface area contributed by atoms with Gasteiger partial charge in [0, 0.05) is 18.6 Å². The van der Waals surface area contributed by atoms with Crippen LogP contribution in [0.15, 0.2) is 12.1 Å². The van der Waals surface area contributed by atoms with Crippen LogP contribution < -0.4 is 10.5 Å². The molecule has 0 atom stereocenters. The molecule has 0 aliphatic heterocycles. The first-order valence-corrected chi connectivity index (χ1v) is 6.49. The van der Waals surface area contributed by atoms with Gasteiger partial charge in [-0.25, -0.2) is 4.68 Å². The van der Waals surface area contributed by atoms with Crippen molar-refractivity contribution in [2.45, 2.75) is 27.3 Å². The monoisotopic (exact) mass is 279 g/mol. The molecule has 0 spiro atoms. The number of rotatable bonds is 3. The van der Waals surface area contributed by atoms with Crippen molar-refractivity contribution >= 4 is 11.6 Å². The first-order chi connectivity index (χ1) is 8.93. The van der Waals surface area contributed by atoms with Crippen molar-refractivity contribution in [3.63, 3.8) is 0 Å². The predicted octanol–water partition coefficient (Wildman–Crippen LogP) is 3.25. The first kappa shape index (κ1) is 13.9. The van der Waals surface area contributed by atoms with Crippen LogP contribution in [0.2, 0.25) is 5.02 Å². The molecule has 19 heavy (non-hydrogen) atoms. The van der Waals surface area contributed by atoms with Gasteiger partial charge < -0.3 is 10.5 Å². The van der Waals surface area contributed by atoms with Crippen LogP contribution >= 0.6 is 11.6 Å². The van der Waals surface area contributed by atoms with Crippen LogP contribution in [-0.2, 0) is 13.6 Å². The first-order valence-electron chi connectivity index (χ1n) is 6.11. The molecule has 2 rings (SSSR count). The Morgan fingerprint density at radius 1 is 1.26 bits per heavy atom. The molecule has 0 aliphatic rings. The molecule has 5 heteroatoms. The number of hydrogen-bond donors (Lipinski definition) is 1. The molecular formula is C14H18ClN3O. The van der Waals surface area contributed by atoms with Crippen molar-refractivity contribution in [3.05, 3.63) is 39.5 Å². The van der Waals surface area contributed by atoms with Crippen LogP contribution in [0.25, 0.3) is 0 Å². The number of nitrogens with zero attached hydrogens (tertiary/aromatic N) is 2. The van der Waals surface area contributed by atoms with Gasteiger partial charge in [0.1, 0.15) is 5.75 Å². The summed E-state index contributed by atoms with van der Waals surface area (Å²) in [5, 5.41) is 5.10. The zero-order valence-electron chi connectivity index (χ0n) is 11.6. The summed E-state index contributed by atoms with van der Waals surface area (Å²) >= 11 is 6.15. The van der Waals surface area contributed by atoms with Gasteiger partial charge in [-0.15, -0.1) is 0 Å². The van der Waals surface area contributed by atoms with Crippen molar-refractivity contribution in [1.29, 1.82) is 0 Å². The van der Waals surface area contributed by atoms with Gasteiger partial charge in [0.05, 0.1) is 11.3 Å². The van der Waals surface area contributed by atoms with Crippen molar-refractivity contribution in [2.75, 3.05) is 0 Å². The Balaban J connectivity index is 2.42. The Hall–Kier alpha value is -1.52. The van der Waals surface area contributed by atoms with E-state index in [9.17, 15) is 0 Å². The zero-order valence-corrected chi connectivity index (χ0v) is 12.4. The molecule has 102 valence electrons. The highest BCUT2D eigenvalue weighted by Crippen LogP contribution is 2.31. The molecule has 1 aromatic heterocycles. The largest absolute Gasteiger partial charge is 0.439 e. The molecule has 0 fully saturated rings. The lowest BCUT2D eigenvalue weighted by Crippen LogP contribution is -2.01. The van der Waals surface area contributed by atoms with Crippen LogP contribution in [0.3, 0.4) is 0 Å². The minimum atomic E-state index is 0.403. The second kappa shape index (κ2) is 5.23. The van der Waals surface area contributed by atoms with Gasteiger partial charge in [-0.3, -0.25) is 0 Å². The maximum absolute atomic E-state index is 6.15. The van der Waals surface area contributed by atoms with E-state index in [1.165, 1.54) is 0 Å². The van der Waals surface area contributed by atoms with Gasteiger partial charge >= 0.3 is 0 Å². The zero-order chi connectivity index (χ0) is 14.2. The molecule has 0 saturated heterocycles. The van der Waals surface area contributed by atoms with E-state index in [0.717, 1.165) is 33.2 Å². The third kappa shape index (κ3) is 2.60. The molecule has 0 saturated carbocycles. The standard InChI is InChI=1S/C14H18ClN3O/c1-8-5-11(6-9(2)13(8)15)19-14-12(7-16)10(3)17-18(14)4/h5-6H,7,16H2,1-4H3. The molecule has 2 N–H and O–H groups in total. The molecule has 0 radical (unpaired) electrons. The lowest BCUT2D eigenvalue weighted by atomic mass is 10.1. The molecule has 0 amide bonds. The van der Waals surface area contributed by atoms with E-state index in [0.29, 0.717) is 12.4 Å². The summed E-state index contributed by atoms with van der Waals surface area (Å²) in [6.07, 6.45) is 0. The van der Waals surface area contributed by atoms with Gasteiger partial charge in [0.25, 0.3) is 0 Å². The number of nitrogens with two attached hydrogens (primary N) is 1. The van der Waals surface area contributed by atoms with Gasteiger partial charge in [-0.1, -0.05) is 11.6 Å². The van der Waals surface area contributed by atoms with Gasteiger partial charge in [-0.05, 0) is 44.0 Å². The van der Waals surface area contributed by atoms with E-state index in [2.05, 4.69) is 5.10 Å². The Labute approximate surface area is 118 Å². The second-order valence-corrected chi connectivity index (χ2v) is 5.05. The van der Waals surface area contributed by atoms with E-state index < -0.39 is 0 Å². The average molecular weight is 280 g/mol. The number of aromatic nitrogens is 2. The highest BCUT2D eigenvalue weighted by molar-refractivity contribution is 6.32. The van der Waals surface area contributed by atoms with E-state index in [4.69, 9.17) is 22.1 Å². The van der Waals surface area contributed by atoms with Crippen LogP contribution in [0.1, 0.15) is 22.4 Å². The Morgan fingerprint density at radius 3 is 2.37 bits per heavy atom. The number of aryl methyl sites for hydroxylation is 4. The molecular weight excluding hydrogens is 262 g/mol. The summed E-state index contributed by atoms with van der Waals surface area (Å²) in [4.78, 5) is 0. The lowest BCUT2D eigenvalue weighted by molar-refractivity contribution is 0.425. The van der Waals surface area contributed by atoms with Crippen LogP contribution in [-0.4, -0.2) is 9.78 Å². The van der Waals surface area contributed by atoms with Gasteiger partial charge in [0.15, 0.2) is 0 Å². The number of benzene rings is 1. The van der Waals surface area contributed by atoms with Crippen molar-refractivity contribution in [1.82, 2.24) is 9.78 Å². The van der Waals surface area contributed by atoms with E-state index in [1.807, 2.05) is 40.0 Å². The van der Waals surface area contributed by atoms with Crippen LogP contribution in [0.4, 0.5) is 0 Å². The third-order valence-corrected chi connectivity index (χ3v) is 3.71. The normalized spacial score (nSPS) is 10.8. The van der Waals surface area contributed by atoms with E-state index >= 15 is 0 Å². The van der Waals surface area contributed by atoms with Crippen molar-refractivity contribution in [2.24, 2.45) is 12.8 Å². The highest BCUT2D eigenvalue weighted by Gasteiger charge is 2.14. The maximum Gasteiger partial charge on any atom is 0.222 e. The third-order valence-electron chi connectivity index (χ3n) is 3.12. The SMILES string of the molecule is Cc1cc(Oc2c(CN)c(C)nn2C)cc(C)c1Cl. The lowest BCUT2D eigenvalue weighted by Gasteiger charge is -2.11. The van der Waals surface area contributed by atoms with Gasteiger partial charge in [-0.2, -0.15) is 5.10 Å². The Morgan fingerprint density at radius 2 is 1.84 bits per heavy atom. The van der Waals surface area contributed by atoms with Crippen LogP contribution in [0.5, 0.6) is 11.6 Å². The molecule has 0 aliphatic carbocycles. The highest BCUT2D eigenvalue weighted by atomic mass is 35.5. The van der Waals surface area contributed by atoms with Crippen LogP contribution in [0, 0.1) is 20.8 Å². The molecule has 0 bridgehead atoms. The topological polar surface area (TPSA) is 53.1 Å². The fourth-order valence-corrected chi connectivity index (χ4v) is 2.23. The number of ether oxygens (including phenoxy) is 1. The quantitative estimate of drug-likeness (QED) is 0.938. The second-order valence-electron chi connectivity index (χ2n) is 4.67. The summed E-state index contributed by atoms with van der Waals surface area (Å²) in [5.41, 5.74) is 9.54. The molecule has 1 heterocycles. The molecule has 0 unspecified atom stereocenters. The minimum Gasteiger partial charge on any atom is -0.439 e. The summed E-state index contributed by atoms with van der Waals surface area (Å²) in [7, 11) is 1.84. The number of hydrogen-bond acceptors (Lipinski definition) is 3. The molecule has 1 aromatic carbocycles. The van der Waals surface area contributed by atoms with Crippen molar-refractivity contribution in [3.8, 4) is 11.6 Å². The Bertz CT molecular complexity index is 596. The van der Waals surface area contributed by atoms with Crippen molar-refractivity contribution < 1.29 is 4.74 Å². The summed E-state index contributed by atoms with van der Waals surface area (Å²) < 4.78 is 7.64. The summed E-state index contributed by atoms with van der Waals surface area (Å²) in [6, 6.07) is 3.83. The smallest absolute Gasteiger partial charge is 0.222 e. The Kier molecular flexibility index (Phi) is 3.83. The fraction of sp³-hybridized carbons (Fsp3) is 0.357. The number of halogens is 1.